The number of nitrogens with zero attached hydrogens (tertiary/aromatic N) is 1. The summed E-state index contributed by atoms with van der Waals surface area (Å²) < 4.78 is 0. The Hall–Kier alpha value is -2.00. The van der Waals surface area contributed by atoms with Crippen molar-refractivity contribution in [3.8, 4) is 0 Å². The second-order valence-corrected chi connectivity index (χ2v) is 5.42. The molecule has 3 heteroatoms. The summed E-state index contributed by atoms with van der Waals surface area (Å²) >= 11 is 0. The van der Waals surface area contributed by atoms with Crippen molar-refractivity contribution in [1.29, 1.82) is 0 Å². The number of nitrogens with one attached hydrogen (secondary N) is 1. The molecule has 0 fully saturated rings. The molecular formula is C17H22N2O. The summed E-state index contributed by atoms with van der Waals surface area (Å²) in [5, 5.41) is 13.2. The first-order chi connectivity index (χ1) is 9.55. The molecule has 0 bridgehead atoms. The predicted molar refractivity (Wildman–Crippen MR) is 85.3 cm³/mol. The summed E-state index contributed by atoms with van der Waals surface area (Å²) in [4.78, 5) is 2.06. The Kier molecular flexibility index (Phi) is 4.30. The van der Waals surface area contributed by atoms with Gasteiger partial charge in [0.1, 0.15) is 0 Å². The van der Waals surface area contributed by atoms with Gasteiger partial charge in [0.25, 0.3) is 0 Å². The molecule has 0 amide bonds. The topological polar surface area (TPSA) is 35.5 Å². The molecule has 20 heavy (non-hydrogen) atoms. The van der Waals surface area contributed by atoms with Crippen molar-refractivity contribution in [3.05, 3.63) is 60.2 Å². The third-order valence-electron chi connectivity index (χ3n) is 3.53. The highest BCUT2D eigenvalue weighted by atomic mass is 16.3. The van der Waals surface area contributed by atoms with Gasteiger partial charge in [0, 0.05) is 25.5 Å². The van der Waals surface area contributed by atoms with Crippen LogP contribution in [0.5, 0.6) is 0 Å². The van der Waals surface area contributed by atoms with Crippen LogP contribution in [0.4, 0.5) is 11.4 Å². The molecule has 2 aromatic rings. The highest BCUT2D eigenvalue weighted by molar-refractivity contribution is 5.51. The number of hydrogen-bond acceptors (Lipinski definition) is 3. The lowest BCUT2D eigenvalue weighted by molar-refractivity contribution is 0.224. The maximum Gasteiger partial charge on any atom is 0.0828 e. The van der Waals surface area contributed by atoms with Crippen LogP contribution in [-0.4, -0.2) is 25.8 Å². The maximum atomic E-state index is 9.81. The molecule has 106 valence electrons. The van der Waals surface area contributed by atoms with Gasteiger partial charge in [-0.25, -0.2) is 0 Å². The second-order valence-electron chi connectivity index (χ2n) is 5.42. The van der Waals surface area contributed by atoms with Crippen molar-refractivity contribution < 1.29 is 5.11 Å². The minimum atomic E-state index is -0.494. The van der Waals surface area contributed by atoms with Crippen molar-refractivity contribution in [2.45, 2.75) is 12.5 Å². The van der Waals surface area contributed by atoms with Gasteiger partial charge in [0.15, 0.2) is 0 Å². The molecule has 0 aromatic heterocycles. The molecule has 2 rings (SSSR count). The van der Waals surface area contributed by atoms with Crippen LogP contribution in [0.3, 0.4) is 0 Å². The first-order valence-electron chi connectivity index (χ1n) is 6.77. The lowest BCUT2D eigenvalue weighted by Crippen LogP contribution is -2.35. The summed E-state index contributed by atoms with van der Waals surface area (Å²) in [6.45, 7) is 2.04. The highest BCUT2D eigenvalue weighted by Crippen LogP contribution is 2.27. The van der Waals surface area contributed by atoms with E-state index in [1.807, 2.05) is 51.4 Å². The van der Waals surface area contributed by atoms with Gasteiger partial charge in [-0.15, -0.1) is 0 Å². The van der Waals surface area contributed by atoms with Crippen LogP contribution in [0.15, 0.2) is 54.6 Å². The van der Waals surface area contributed by atoms with E-state index >= 15 is 0 Å². The molecule has 0 radical (unpaired) electrons. The van der Waals surface area contributed by atoms with Gasteiger partial charge in [-0.2, -0.15) is 0 Å². The van der Waals surface area contributed by atoms with Gasteiger partial charge in [-0.1, -0.05) is 30.3 Å². The Morgan fingerprint density at radius 3 is 2.10 bits per heavy atom. The van der Waals surface area contributed by atoms with E-state index < -0.39 is 5.54 Å². The summed E-state index contributed by atoms with van der Waals surface area (Å²) in [5.74, 6) is 0. The Morgan fingerprint density at radius 2 is 1.60 bits per heavy atom. The lowest BCUT2D eigenvalue weighted by atomic mass is 9.92. The van der Waals surface area contributed by atoms with Crippen molar-refractivity contribution in [2.75, 3.05) is 30.9 Å². The molecule has 0 saturated heterocycles. The summed E-state index contributed by atoms with van der Waals surface area (Å²) in [6.07, 6.45) is 0. The van der Waals surface area contributed by atoms with Crippen molar-refractivity contribution in [2.24, 2.45) is 0 Å². The molecule has 3 nitrogen and oxygen atoms in total. The number of para-hydroxylation sites is 1. The molecule has 0 aliphatic rings. The Bertz CT molecular complexity index is 537. The summed E-state index contributed by atoms with van der Waals surface area (Å²) in [5.41, 5.74) is 2.72. The van der Waals surface area contributed by atoms with Gasteiger partial charge in [0.05, 0.1) is 12.1 Å². The van der Waals surface area contributed by atoms with E-state index in [-0.39, 0.29) is 6.61 Å². The van der Waals surface area contributed by atoms with Gasteiger partial charge < -0.3 is 15.3 Å². The van der Waals surface area contributed by atoms with Gasteiger partial charge in [0.2, 0.25) is 0 Å². The fourth-order valence-electron chi connectivity index (χ4n) is 2.17. The average molecular weight is 270 g/mol. The van der Waals surface area contributed by atoms with E-state index in [1.54, 1.807) is 0 Å². The summed E-state index contributed by atoms with van der Waals surface area (Å²) in [6, 6.07) is 18.2. The van der Waals surface area contributed by atoms with Gasteiger partial charge >= 0.3 is 0 Å². The zero-order valence-corrected chi connectivity index (χ0v) is 12.3. The monoisotopic (exact) mass is 270 g/mol. The number of aliphatic hydroxyl groups excluding tert-OH is 1. The van der Waals surface area contributed by atoms with Crippen LogP contribution < -0.4 is 10.2 Å². The van der Waals surface area contributed by atoms with Crippen LogP contribution in [0.25, 0.3) is 0 Å². The highest BCUT2D eigenvalue weighted by Gasteiger charge is 2.25. The summed E-state index contributed by atoms with van der Waals surface area (Å²) in [7, 11) is 4.03. The van der Waals surface area contributed by atoms with Gasteiger partial charge in [-0.05, 0) is 36.8 Å². The molecule has 0 aliphatic carbocycles. The first-order valence-corrected chi connectivity index (χ1v) is 6.77. The fraction of sp³-hybridized carbons (Fsp3) is 0.294. The van der Waals surface area contributed by atoms with Crippen molar-refractivity contribution >= 4 is 11.4 Å². The van der Waals surface area contributed by atoms with Crippen molar-refractivity contribution in [1.82, 2.24) is 0 Å². The first kappa shape index (κ1) is 14.4. The van der Waals surface area contributed by atoms with Crippen molar-refractivity contribution in [3.63, 3.8) is 0 Å². The van der Waals surface area contributed by atoms with Crippen LogP contribution in [0, 0.1) is 0 Å². The molecule has 2 aromatic carbocycles. The smallest absolute Gasteiger partial charge is 0.0828 e. The van der Waals surface area contributed by atoms with E-state index in [2.05, 4.69) is 34.5 Å². The Morgan fingerprint density at radius 1 is 1.00 bits per heavy atom. The fourth-order valence-corrected chi connectivity index (χ4v) is 2.17. The molecule has 2 N–H and O–H groups in total. The Labute approximate surface area is 120 Å². The normalized spacial score (nSPS) is 13.6. The molecular weight excluding hydrogens is 248 g/mol. The molecule has 0 saturated carbocycles. The van der Waals surface area contributed by atoms with E-state index in [0.717, 1.165) is 16.9 Å². The van der Waals surface area contributed by atoms with E-state index in [0.29, 0.717) is 0 Å². The quantitative estimate of drug-likeness (QED) is 0.876. The number of anilines is 2. The van der Waals surface area contributed by atoms with Crippen LogP contribution in [0.1, 0.15) is 12.5 Å². The minimum Gasteiger partial charge on any atom is -0.394 e. The number of hydrogen-bond donors (Lipinski definition) is 2. The van der Waals surface area contributed by atoms with E-state index in [4.69, 9.17) is 0 Å². The molecule has 1 unspecified atom stereocenters. The molecule has 1 atom stereocenters. The molecule has 0 aliphatic heterocycles. The zero-order valence-electron chi connectivity index (χ0n) is 12.3. The number of aliphatic hydroxyl groups is 1. The second kappa shape index (κ2) is 5.97. The average Bonchev–Trinajstić information content (AvgIpc) is 2.48. The largest absolute Gasteiger partial charge is 0.394 e. The van der Waals surface area contributed by atoms with Crippen LogP contribution in [-0.2, 0) is 5.54 Å². The number of benzene rings is 2. The van der Waals surface area contributed by atoms with E-state index in [1.165, 1.54) is 0 Å². The lowest BCUT2D eigenvalue weighted by Gasteiger charge is -2.31. The maximum absolute atomic E-state index is 9.81. The Balaban J connectivity index is 2.26. The third-order valence-corrected chi connectivity index (χ3v) is 3.53. The van der Waals surface area contributed by atoms with Crippen LogP contribution in [0.2, 0.25) is 0 Å². The van der Waals surface area contributed by atoms with Gasteiger partial charge in [-0.3, -0.25) is 0 Å². The standard InChI is InChI=1S/C17H22N2O/c1-17(13-20,18-15-7-5-4-6-8-15)14-9-11-16(12-10-14)19(2)3/h4-12,18,20H,13H2,1-3H3. The van der Waals surface area contributed by atoms with E-state index in [9.17, 15) is 5.11 Å². The minimum absolute atomic E-state index is 0.0310. The predicted octanol–water partition coefficient (Wildman–Crippen LogP) is 3.07. The van der Waals surface area contributed by atoms with Crippen LogP contribution >= 0.6 is 0 Å². The SMILES string of the molecule is CN(C)c1ccc(C(C)(CO)Nc2ccccc2)cc1. The molecule has 0 heterocycles. The third kappa shape index (κ3) is 3.11. The molecule has 0 spiro atoms. The zero-order chi connectivity index (χ0) is 14.6. The number of rotatable bonds is 5.